The highest BCUT2D eigenvalue weighted by Gasteiger charge is 2.25. The van der Waals surface area contributed by atoms with E-state index in [2.05, 4.69) is 16.8 Å². The zero-order valence-corrected chi connectivity index (χ0v) is 11.2. The second-order valence-corrected chi connectivity index (χ2v) is 5.65. The van der Waals surface area contributed by atoms with E-state index in [0.29, 0.717) is 5.92 Å². The van der Waals surface area contributed by atoms with Crippen LogP contribution in [0.2, 0.25) is 0 Å². The number of piperidine rings is 1. The van der Waals surface area contributed by atoms with E-state index in [1.807, 2.05) is 24.3 Å². The van der Waals surface area contributed by atoms with Gasteiger partial charge in [-0.25, -0.2) is 0 Å². The summed E-state index contributed by atoms with van der Waals surface area (Å²) in [4.78, 5) is 6.75. The van der Waals surface area contributed by atoms with Crippen molar-refractivity contribution in [3.8, 4) is 0 Å². The lowest BCUT2D eigenvalue weighted by Gasteiger charge is -2.31. The Balaban J connectivity index is 1.76. The van der Waals surface area contributed by atoms with Crippen LogP contribution in [0.25, 0.3) is 11.1 Å². The predicted octanol–water partition coefficient (Wildman–Crippen LogP) is 3.67. The lowest BCUT2D eigenvalue weighted by Crippen LogP contribution is -2.36. The van der Waals surface area contributed by atoms with Gasteiger partial charge in [0, 0.05) is 18.5 Å². The summed E-state index contributed by atoms with van der Waals surface area (Å²) in [6, 6.07) is 8.64. The molecular formula is C14H17ClN2O. The van der Waals surface area contributed by atoms with E-state index < -0.39 is 0 Å². The fourth-order valence-corrected chi connectivity index (χ4v) is 2.80. The van der Waals surface area contributed by atoms with Crippen molar-refractivity contribution in [2.75, 3.05) is 18.0 Å². The highest BCUT2D eigenvalue weighted by Crippen LogP contribution is 2.28. The highest BCUT2D eigenvalue weighted by molar-refractivity contribution is 6.20. The Morgan fingerprint density at radius 3 is 2.72 bits per heavy atom. The second kappa shape index (κ2) is 4.81. The molecule has 0 amide bonds. The van der Waals surface area contributed by atoms with Crippen LogP contribution in [0.3, 0.4) is 0 Å². The molecule has 3 rings (SSSR count). The van der Waals surface area contributed by atoms with Crippen LogP contribution in [-0.2, 0) is 0 Å². The number of hydrogen-bond acceptors (Lipinski definition) is 3. The molecule has 1 saturated heterocycles. The van der Waals surface area contributed by atoms with Gasteiger partial charge in [-0.3, -0.25) is 0 Å². The summed E-state index contributed by atoms with van der Waals surface area (Å²) in [5.74, 6) is 0.618. The highest BCUT2D eigenvalue weighted by atomic mass is 35.5. The maximum atomic E-state index is 6.16. The molecule has 0 saturated carbocycles. The SMILES string of the molecule is CC(Cl)C1CCN(c2nc3ccccc3o2)CC1. The number of anilines is 1. The Labute approximate surface area is 112 Å². The molecule has 0 N–H and O–H groups in total. The van der Waals surface area contributed by atoms with Crippen LogP contribution in [0.15, 0.2) is 28.7 Å². The van der Waals surface area contributed by atoms with E-state index in [-0.39, 0.29) is 5.38 Å². The van der Waals surface area contributed by atoms with Gasteiger partial charge in [0.2, 0.25) is 0 Å². The number of oxazole rings is 1. The number of aromatic nitrogens is 1. The van der Waals surface area contributed by atoms with Crippen LogP contribution in [0.4, 0.5) is 6.01 Å². The van der Waals surface area contributed by atoms with Gasteiger partial charge in [-0.1, -0.05) is 12.1 Å². The molecule has 1 unspecified atom stereocenters. The van der Waals surface area contributed by atoms with Gasteiger partial charge < -0.3 is 9.32 Å². The molecule has 1 aromatic heterocycles. The fraction of sp³-hybridized carbons (Fsp3) is 0.500. The third-order valence-corrected chi connectivity index (χ3v) is 4.10. The van der Waals surface area contributed by atoms with Crippen molar-refractivity contribution in [1.29, 1.82) is 0 Å². The lowest BCUT2D eigenvalue weighted by molar-refractivity contribution is 0.385. The molecule has 0 bridgehead atoms. The minimum Gasteiger partial charge on any atom is -0.423 e. The molecule has 18 heavy (non-hydrogen) atoms. The van der Waals surface area contributed by atoms with Crippen molar-refractivity contribution in [3.05, 3.63) is 24.3 Å². The first-order valence-electron chi connectivity index (χ1n) is 6.48. The summed E-state index contributed by atoms with van der Waals surface area (Å²) in [6.45, 7) is 4.05. The van der Waals surface area contributed by atoms with E-state index in [4.69, 9.17) is 16.0 Å². The number of rotatable bonds is 2. The molecule has 4 heteroatoms. The monoisotopic (exact) mass is 264 g/mol. The van der Waals surface area contributed by atoms with Gasteiger partial charge >= 0.3 is 0 Å². The fourth-order valence-electron chi connectivity index (χ4n) is 2.55. The molecule has 0 spiro atoms. The first-order chi connectivity index (χ1) is 8.74. The number of fused-ring (bicyclic) bond motifs is 1. The van der Waals surface area contributed by atoms with Crippen molar-refractivity contribution in [2.24, 2.45) is 5.92 Å². The maximum absolute atomic E-state index is 6.16. The maximum Gasteiger partial charge on any atom is 0.298 e. The normalized spacial score (nSPS) is 19.3. The van der Waals surface area contributed by atoms with Crippen LogP contribution < -0.4 is 4.90 Å². The molecule has 2 aromatic rings. The summed E-state index contributed by atoms with van der Waals surface area (Å²) in [7, 11) is 0. The number of hydrogen-bond donors (Lipinski definition) is 0. The number of nitrogens with zero attached hydrogens (tertiary/aromatic N) is 2. The topological polar surface area (TPSA) is 29.3 Å². The largest absolute Gasteiger partial charge is 0.423 e. The number of benzene rings is 1. The van der Waals surface area contributed by atoms with Crippen LogP contribution in [-0.4, -0.2) is 23.5 Å². The Kier molecular flexibility index (Phi) is 3.16. The molecule has 1 fully saturated rings. The molecule has 0 radical (unpaired) electrons. The van der Waals surface area contributed by atoms with E-state index in [9.17, 15) is 0 Å². The zero-order valence-electron chi connectivity index (χ0n) is 10.5. The summed E-state index contributed by atoms with van der Waals surface area (Å²) < 4.78 is 5.79. The first-order valence-corrected chi connectivity index (χ1v) is 6.92. The van der Waals surface area contributed by atoms with Gasteiger partial charge in [0.15, 0.2) is 5.58 Å². The van der Waals surface area contributed by atoms with Crippen LogP contribution in [0.1, 0.15) is 19.8 Å². The third kappa shape index (κ3) is 2.19. The van der Waals surface area contributed by atoms with Gasteiger partial charge in [-0.05, 0) is 37.8 Å². The third-order valence-electron chi connectivity index (χ3n) is 3.74. The average molecular weight is 265 g/mol. The van der Waals surface area contributed by atoms with Crippen LogP contribution in [0.5, 0.6) is 0 Å². The number of alkyl halides is 1. The molecular weight excluding hydrogens is 248 g/mol. The van der Waals surface area contributed by atoms with Crippen molar-refractivity contribution in [1.82, 2.24) is 4.98 Å². The smallest absolute Gasteiger partial charge is 0.298 e. The van der Waals surface area contributed by atoms with Crippen molar-refractivity contribution >= 4 is 28.7 Å². The van der Waals surface area contributed by atoms with E-state index >= 15 is 0 Å². The molecule has 1 atom stereocenters. The quantitative estimate of drug-likeness (QED) is 0.775. The standard InChI is InChI=1S/C14H17ClN2O/c1-10(15)11-6-8-17(9-7-11)14-16-12-4-2-3-5-13(12)18-14/h2-5,10-11H,6-9H2,1H3. The van der Waals surface area contributed by atoms with Crippen molar-refractivity contribution in [3.63, 3.8) is 0 Å². The molecule has 3 nitrogen and oxygen atoms in total. The molecule has 0 aliphatic carbocycles. The van der Waals surface area contributed by atoms with Gasteiger partial charge in [0.05, 0.1) is 0 Å². The Morgan fingerprint density at radius 2 is 2.06 bits per heavy atom. The van der Waals surface area contributed by atoms with Crippen LogP contribution >= 0.6 is 11.6 Å². The van der Waals surface area contributed by atoms with E-state index in [1.165, 1.54) is 0 Å². The van der Waals surface area contributed by atoms with Crippen molar-refractivity contribution < 1.29 is 4.42 Å². The predicted molar refractivity (Wildman–Crippen MR) is 74.3 cm³/mol. The summed E-state index contributed by atoms with van der Waals surface area (Å²) >= 11 is 6.16. The van der Waals surface area contributed by atoms with E-state index in [1.54, 1.807) is 0 Å². The van der Waals surface area contributed by atoms with Crippen molar-refractivity contribution in [2.45, 2.75) is 25.1 Å². The molecule has 2 heterocycles. The van der Waals surface area contributed by atoms with Crippen LogP contribution in [0, 0.1) is 5.92 Å². The van der Waals surface area contributed by atoms with Gasteiger partial charge in [0.1, 0.15) is 5.52 Å². The summed E-state index contributed by atoms with van der Waals surface area (Å²) in [5, 5.41) is 0.260. The molecule has 1 aliphatic rings. The Bertz CT molecular complexity index is 496. The summed E-state index contributed by atoms with van der Waals surface area (Å²) in [5.41, 5.74) is 1.79. The van der Waals surface area contributed by atoms with Gasteiger partial charge in [-0.2, -0.15) is 4.98 Å². The Hall–Kier alpha value is -1.22. The minimum absolute atomic E-state index is 0.260. The number of para-hydroxylation sites is 2. The van der Waals surface area contributed by atoms with E-state index in [0.717, 1.165) is 43.0 Å². The summed E-state index contributed by atoms with van der Waals surface area (Å²) in [6.07, 6.45) is 2.23. The average Bonchev–Trinajstić information content (AvgIpc) is 2.82. The molecule has 1 aliphatic heterocycles. The zero-order chi connectivity index (χ0) is 12.5. The number of halogens is 1. The molecule has 96 valence electrons. The minimum atomic E-state index is 0.260. The molecule has 1 aromatic carbocycles. The Morgan fingerprint density at radius 1 is 1.33 bits per heavy atom. The van der Waals surface area contributed by atoms with Gasteiger partial charge in [0.25, 0.3) is 6.01 Å². The van der Waals surface area contributed by atoms with Gasteiger partial charge in [-0.15, -0.1) is 11.6 Å². The first kappa shape index (κ1) is 11.8. The second-order valence-electron chi connectivity index (χ2n) is 4.97. The lowest BCUT2D eigenvalue weighted by atomic mass is 9.94.